The Morgan fingerprint density at radius 3 is 2.50 bits per heavy atom. The number of nitrogens with one attached hydrogen (secondary N) is 2. The van der Waals surface area contributed by atoms with Crippen molar-refractivity contribution in [3.8, 4) is 5.75 Å². The number of hydrogen-bond acceptors (Lipinski definition) is 3. The number of benzene rings is 1. The molecule has 2 rings (SSSR count). The van der Waals surface area contributed by atoms with Crippen LogP contribution in [-0.4, -0.2) is 58.1 Å². The van der Waals surface area contributed by atoms with E-state index in [0.717, 1.165) is 37.4 Å². The minimum atomic E-state index is -0.316. The maximum Gasteiger partial charge on any atom is 0.230 e. The summed E-state index contributed by atoms with van der Waals surface area (Å²) in [6.07, 6.45) is 4.08. The second-order valence-corrected chi connectivity index (χ2v) is 8.58. The van der Waals surface area contributed by atoms with Crippen LogP contribution in [0.25, 0.3) is 0 Å². The van der Waals surface area contributed by atoms with Gasteiger partial charge >= 0.3 is 0 Å². The lowest BCUT2D eigenvalue weighted by molar-refractivity contribution is -0.138. The SMILES string of the molecule is CN=C(NCC1(C(=O)N(C)C)CCCC1)NCC(C)(C)c1cccc(OC)c1. The smallest absolute Gasteiger partial charge is 0.230 e. The maximum absolute atomic E-state index is 12.7. The summed E-state index contributed by atoms with van der Waals surface area (Å²) in [6.45, 7) is 5.71. The normalized spacial score (nSPS) is 16.6. The number of nitrogens with zero attached hydrogens (tertiary/aromatic N) is 2. The fourth-order valence-corrected chi connectivity index (χ4v) is 3.92. The number of carbonyl (C=O) groups excluding carboxylic acids is 1. The van der Waals surface area contributed by atoms with E-state index in [1.165, 1.54) is 5.56 Å². The van der Waals surface area contributed by atoms with Crippen molar-refractivity contribution in [3.63, 3.8) is 0 Å². The molecule has 0 atom stereocenters. The first-order valence-corrected chi connectivity index (χ1v) is 10.0. The van der Waals surface area contributed by atoms with Crippen LogP contribution in [0.1, 0.15) is 45.1 Å². The Morgan fingerprint density at radius 1 is 1.25 bits per heavy atom. The Kier molecular flexibility index (Phi) is 7.33. The van der Waals surface area contributed by atoms with Gasteiger partial charge in [-0.15, -0.1) is 0 Å². The first kappa shape index (κ1) is 22.1. The van der Waals surface area contributed by atoms with Crippen molar-refractivity contribution in [1.29, 1.82) is 0 Å². The highest BCUT2D eigenvalue weighted by atomic mass is 16.5. The van der Waals surface area contributed by atoms with Crippen molar-refractivity contribution in [2.75, 3.05) is 41.3 Å². The van der Waals surface area contributed by atoms with Gasteiger partial charge in [-0.25, -0.2) is 0 Å². The standard InChI is InChI=1S/C22H36N4O2/c1-21(2,17-10-9-11-18(14-17)28-6)15-24-20(23-3)25-16-22(12-7-8-13-22)19(27)26(4)5/h9-11,14H,7-8,12-13,15-16H2,1-6H3,(H2,23,24,25). The molecule has 6 heteroatoms. The predicted molar refractivity (Wildman–Crippen MR) is 115 cm³/mol. The minimum Gasteiger partial charge on any atom is -0.497 e. The van der Waals surface area contributed by atoms with Gasteiger partial charge in [-0.1, -0.05) is 38.8 Å². The van der Waals surface area contributed by atoms with Gasteiger partial charge in [0.05, 0.1) is 12.5 Å². The van der Waals surface area contributed by atoms with Crippen LogP contribution in [0.5, 0.6) is 5.75 Å². The van der Waals surface area contributed by atoms with Gasteiger partial charge in [-0.3, -0.25) is 9.79 Å². The van der Waals surface area contributed by atoms with Crippen LogP contribution in [0, 0.1) is 5.41 Å². The zero-order chi connectivity index (χ0) is 20.8. The van der Waals surface area contributed by atoms with Crippen LogP contribution in [0.15, 0.2) is 29.3 Å². The molecule has 156 valence electrons. The zero-order valence-electron chi connectivity index (χ0n) is 18.3. The molecule has 1 aromatic rings. The summed E-state index contributed by atoms with van der Waals surface area (Å²) in [4.78, 5) is 18.8. The molecule has 2 N–H and O–H groups in total. The highest BCUT2D eigenvalue weighted by molar-refractivity contribution is 5.85. The first-order chi connectivity index (χ1) is 13.2. The van der Waals surface area contributed by atoms with Gasteiger partial charge in [0.1, 0.15) is 5.75 Å². The van der Waals surface area contributed by atoms with Crippen LogP contribution in [0.2, 0.25) is 0 Å². The number of carbonyl (C=O) groups is 1. The van der Waals surface area contributed by atoms with E-state index in [0.29, 0.717) is 13.1 Å². The quantitative estimate of drug-likeness (QED) is 0.557. The van der Waals surface area contributed by atoms with Gasteiger partial charge < -0.3 is 20.3 Å². The number of aliphatic imine (C=N–C) groups is 1. The number of methoxy groups -OCH3 is 1. The molecule has 0 radical (unpaired) electrons. The third-order valence-corrected chi connectivity index (χ3v) is 5.79. The fraction of sp³-hybridized carbons (Fsp3) is 0.636. The number of guanidine groups is 1. The predicted octanol–water partition coefficient (Wildman–Crippen LogP) is 2.79. The van der Waals surface area contributed by atoms with Gasteiger partial charge in [-0.2, -0.15) is 0 Å². The summed E-state index contributed by atoms with van der Waals surface area (Å²) in [7, 11) is 7.13. The molecule has 0 saturated heterocycles. The Morgan fingerprint density at radius 2 is 1.93 bits per heavy atom. The zero-order valence-corrected chi connectivity index (χ0v) is 18.3. The van der Waals surface area contributed by atoms with Gasteiger partial charge in [0, 0.05) is 39.6 Å². The molecular formula is C22H36N4O2. The second kappa shape index (κ2) is 9.30. The van der Waals surface area contributed by atoms with Crippen molar-refractivity contribution in [2.24, 2.45) is 10.4 Å². The molecule has 6 nitrogen and oxygen atoms in total. The van der Waals surface area contributed by atoms with E-state index in [1.54, 1.807) is 19.1 Å². The van der Waals surface area contributed by atoms with Crippen LogP contribution < -0.4 is 15.4 Å². The van der Waals surface area contributed by atoms with Gasteiger partial charge in [0.25, 0.3) is 0 Å². The maximum atomic E-state index is 12.7. The summed E-state index contributed by atoms with van der Waals surface area (Å²) in [5.74, 6) is 1.80. The van der Waals surface area contributed by atoms with E-state index < -0.39 is 0 Å². The van der Waals surface area contributed by atoms with Crippen molar-refractivity contribution in [1.82, 2.24) is 15.5 Å². The van der Waals surface area contributed by atoms with Gasteiger partial charge in [0.2, 0.25) is 5.91 Å². The lowest BCUT2D eigenvalue weighted by atomic mass is 9.84. The van der Waals surface area contributed by atoms with Crippen molar-refractivity contribution >= 4 is 11.9 Å². The Hall–Kier alpha value is -2.24. The van der Waals surface area contributed by atoms with E-state index in [2.05, 4.69) is 41.6 Å². The van der Waals surface area contributed by atoms with Crippen LogP contribution >= 0.6 is 0 Å². The number of amides is 1. The molecule has 0 bridgehead atoms. The summed E-state index contributed by atoms with van der Waals surface area (Å²) in [5.41, 5.74) is 0.782. The summed E-state index contributed by atoms with van der Waals surface area (Å²) >= 11 is 0. The summed E-state index contributed by atoms with van der Waals surface area (Å²) in [6, 6.07) is 8.15. The third-order valence-electron chi connectivity index (χ3n) is 5.79. The molecule has 1 amide bonds. The van der Waals surface area contributed by atoms with E-state index in [9.17, 15) is 4.79 Å². The highest BCUT2D eigenvalue weighted by Crippen LogP contribution is 2.38. The number of rotatable bonds is 7. The average Bonchev–Trinajstić information content (AvgIpc) is 3.17. The topological polar surface area (TPSA) is 66.0 Å². The highest BCUT2D eigenvalue weighted by Gasteiger charge is 2.42. The van der Waals surface area contributed by atoms with Crippen LogP contribution in [0.3, 0.4) is 0 Å². The van der Waals surface area contributed by atoms with Crippen molar-refractivity contribution in [3.05, 3.63) is 29.8 Å². The second-order valence-electron chi connectivity index (χ2n) is 8.58. The van der Waals surface area contributed by atoms with E-state index in [4.69, 9.17) is 4.74 Å². The largest absolute Gasteiger partial charge is 0.497 e. The van der Waals surface area contributed by atoms with Crippen LogP contribution in [-0.2, 0) is 10.2 Å². The van der Waals surface area contributed by atoms with E-state index in [1.807, 2.05) is 26.2 Å². The molecule has 1 saturated carbocycles. The molecule has 0 unspecified atom stereocenters. The molecule has 1 aliphatic rings. The Labute approximate surface area is 169 Å². The average molecular weight is 389 g/mol. The van der Waals surface area contributed by atoms with E-state index >= 15 is 0 Å². The summed E-state index contributed by atoms with van der Waals surface area (Å²) < 4.78 is 5.35. The van der Waals surface area contributed by atoms with Crippen LogP contribution in [0.4, 0.5) is 0 Å². The first-order valence-electron chi connectivity index (χ1n) is 10.0. The molecule has 28 heavy (non-hydrogen) atoms. The lowest BCUT2D eigenvalue weighted by Gasteiger charge is -2.32. The number of ether oxygens (including phenoxy) is 1. The third kappa shape index (κ3) is 5.18. The fourth-order valence-electron chi connectivity index (χ4n) is 3.92. The lowest BCUT2D eigenvalue weighted by Crippen LogP contribution is -2.50. The Bertz CT molecular complexity index is 692. The molecule has 0 aliphatic heterocycles. The molecule has 0 aromatic heterocycles. The summed E-state index contributed by atoms with van der Waals surface area (Å²) in [5, 5.41) is 6.83. The van der Waals surface area contributed by atoms with Gasteiger partial charge in [0.15, 0.2) is 5.96 Å². The van der Waals surface area contributed by atoms with Gasteiger partial charge in [-0.05, 0) is 30.5 Å². The molecule has 0 spiro atoms. The minimum absolute atomic E-state index is 0.101. The van der Waals surface area contributed by atoms with Crippen molar-refractivity contribution < 1.29 is 9.53 Å². The van der Waals surface area contributed by atoms with Crippen molar-refractivity contribution in [2.45, 2.75) is 44.9 Å². The Balaban J connectivity index is 1.99. The van der Waals surface area contributed by atoms with E-state index in [-0.39, 0.29) is 16.7 Å². The molecule has 1 fully saturated rings. The molecule has 1 aromatic carbocycles. The number of hydrogen-bond donors (Lipinski definition) is 2. The molecular weight excluding hydrogens is 352 g/mol. The molecule has 1 aliphatic carbocycles. The molecule has 0 heterocycles. The monoisotopic (exact) mass is 388 g/mol.